The Morgan fingerprint density at radius 3 is 2.79 bits per heavy atom. The Kier molecular flexibility index (Phi) is 2.56. The minimum Gasteiger partial charge on any atom is -0.480 e. The number of aliphatic carboxylic acids is 1. The summed E-state index contributed by atoms with van der Waals surface area (Å²) in [6, 6.07) is 9.31. The van der Waals surface area contributed by atoms with Crippen molar-refractivity contribution in [2.45, 2.75) is 6.54 Å². The zero-order chi connectivity index (χ0) is 13.4. The largest absolute Gasteiger partial charge is 0.480 e. The smallest absolute Gasteiger partial charge is 0.323 e. The fraction of sp³-hybridized carbons (Fsp3) is 0.154. The predicted octanol–water partition coefficient (Wildman–Crippen LogP) is 1.52. The van der Waals surface area contributed by atoms with Crippen LogP contribution >= 0.6 is 0 Å². The fourth-order valence-corrected chi connectivity index (χ4v) is 2.16. The summed E-state index contributed by atoms with van der Waals surface area (Å²) < 4.78 is 3.37. The van der Waals surface area contributed by atoms with Gasteiger partial charge < -0.3 is 9.67 Å². The zero-order valence-electron chi connectivity index (χ0n) is 10.3. The molecule has 0 saturated carbocycles. The van der Waals surface area contributed by atoms with Crippen LogP contribution in [0.4, 0.5) is 0 Å². The van der Waals surface area contributed by atoms with Gasteiger partial charge in [-0.3, -0.25) is 9.48 Å². The van der Waals surface area contributed by atoms with Gasteiger partial charge in [0.1, 0.15) is 12.2 Å². The van der Waals surface area contributed by atoms with E-state index in [1.54, 1.807) is 22.5 Å². The summed E-state index contributed by atoms with van der Waals surface area (Å²) in [6.07, 6.45) is 1.67. The van der Waals surface area contributed by atoms with Gasteiger partial charge in [0.2, 0.25) is 0 Å². The molecule has 0 atom stereocenters. The molecule has 1 aromatic carbocycles. The maximum atomic E-state index is 11.0. The summed E-state index contributed by atoms with van der Waals surface area (Å²) in [6.45, 7) is -0.124. The number of imidazole rings is 1. The number of aryl methyl sites for hydroxylation is 1. The maximum Gasteiger partial charge on any atom is 0.323 e. The number of nitrogens with zero attached hydrogens (tertiary/aromatic N) is 4. The van der Waals surface area contributed by atoms with Crippen LogP contribution in [0.3, 0.4) is 0 Å². The highest BCUT2D eigenvalue weighted by Gasteiger charge is 2.16. The second-order valence-corrected chi connectivity index (χ2v) is 4.24. The van der Waals surface area contributed by atoms with Gasteiger partial charge in [-0.1, -0.05) is 12.1 Å². The van der Waals surface area contributed by atoms with Crippen molar-refractivity contribution in [3.8, 4) is 11.5 Å². The molecule has 0 aliphatic carbocycles. The summed E-state index contributed by atoms with van der Waals surface area (Å²) >= 11 is 0. The molecule has 19 heavy (non-hydrogen) atoms. The van der Waals surface area contributed by atoms with Crippen LogP contribution in [0.1, 0.15) is 0 Å². The Labute approximate surface area is 108 Å². The number of carbonyl (C=O) groups is 1. The standard InChI is InChI=1S/C13H12N4O2/c1-16-11(6-7-14-16)13-15-9-4-2-3-5-10(9)17(13)8-12(18)19/h2-7H,8H2,1H3,(H,18,19). The molecular formula is C13H12N4O2. The van der Waals surface area contributed by atoms with Gasteiger partial charge in [0.25, 0.3) is 0 Å². The number of hydrogen-bond acceptors (Lipinski definition) is 3. The molecule has 0 amide bonds. The molecule has 0 radical (unpaired) electrons. The lowest BCUT2D eigenvalue weighted by molar-refractivity contribution is -0.137. The van der Waals surface area contributed by atoms with Gasteiger partial charge in [0.15, 0.2) is 5.82 Å². The number of fused-ring (bicyclic) bond motifs is 1. The Morgan fingerprint density at radius 2 is 2.11 bits per heavy atom. The monoisotopic (exact) mass is 256 g/mol. The molecular weight excluding hydrogens is 244 g/mol. The second kappa shape index (κ2) is 4.24. The molecule has 96 valence electrons. The van der Waals surface area contributed by atoms with E-state index in [1.807, 2.05) is 30.3 Å². The first kappa shape index (κ1) is 11.5. The summed E-state index contributed by atoms with van der Waals surface area (Å²) in [5.41, 5.74) is 2.37. The third-order valence-corrected chi connectivity index (χ3v) is 3.00. The van der Waals surface area contributed by atoms with Gasteiger partial charge in [0.05, 0.1) is 11.0 Å². The highest BCUT2D eigenvalue weighted by atomic mass is 16.4. The number of aromatic nitrogens is 4. The summed E-state index contributed by atoms with van der Waals surface area (Å²) in [5, 5.41) is 13.2. The van der Waals surface area contributed by atoms with Crippen molar-refractivity contribution in [2.24, 2.45) is 7.05 Å². The van der Waals surface area contributed by atoms with Crippen molar-refractivity contribution in [3.05, 3.63) is 36.5 Å². The normalized spacial score (nSPS) is 11.0. The lowest BCUT2D eigenvalue weighted by atomic mass is 10.3. The van der Waals surface area contributed by atoms with E-state index in [9.17, 15) is 4.79 Å². The van der Waals surface area contributed by atoms with Crippen molar-refractivity contribution in [3.63, 3.8) is 0 Å². The number of rotatable bonds is 3. The van der Waals surface area contributed by atoms with Crippen molar-refractivity contribution >= 4 is 17.0 Å². The van der Waals surface area contributed by atoms with Gasteiger partial charge in [-0.05, 0) is 18.2 Å². The molecule has 0 spiro atoms. The van der Waals surface area contributed by atoms with Crippen LogP contribution in [0, 0.1) is 0 Å². The van der Waals surface area contributed by atoms with Gasteiger partial charge in [-0.2, -0.15) is 5.10 Å². The molecule has 3 aromatic rings. The minimum atomic E-state index is -0.897. The summed E-state index contributed by atoms with van der Waals surface area (Å²) in [7, 11) is 1.81. The van der Waals surface area contributed by atoms with Crippen molar-refractivity contribution in [1.82, 2.24) is 19.3 Å². The lowest BCUT2D eigenvalue weighted by Crippen LogP contribution is -2.11. The van der Waals surface area contributed by atoms with E-state index in [0.29, 0.717) is 5.82 Å². The molecule has 6 nitrogen and oxygen atoms in total. The van der Waals surface area contributed by atoms with E-state index < -0.39 is 5.97 Å². The van der Waals surface area contributed by atoms with E-state index in [0.717, 1.165) is 16.7 Å². The number of hydrogen-bond donors (Lipinski definition) is 1. The first-order valence-corrected chi connectivity index (χ1v) is 5.82. The van der Waals surface area contributed by atoms with Crippen LogP contribution in [-0.2, 0) is 18.4 Å². The Bertz CT molecular complexity index is 757. The summed E-state index contributed by atoms with van der Waals surface area (Å²) in [5.74, 6) is -0.282. The third kappa shape index (κ3) is 1.87. The average Bonchev–Trinajstić information content (AvgIpc) is 2.93. The molecule has 0 aliphatic heterocycles. The van der Waals surface area contributed by atoms with Crippen LogP contribution < -0.4 is 0 Å². The Balaban J connectivity index is 2.28. The van der Waals surface area contributed by atoms with Crippen LogP contribution in [0.5, 0.6) is 0 Å². The van der Waals surface area contributed by atoms with Crippen LogP contribution in [0.15, 0.2) is 36.5 Å². The maximum absolute atomic E-state index is 11.0. The van der Waals surface area contributed by atoms with E-state index in [4.69, 9.17) is 5.11 Å². The molecule has 0 unspecified atom stereocenters. The molecule has 0 bridgehead atoms. The van der Waals surface area contributed by atoms with Crippen LogP contribution in [0.2, 0.25) is 0 Å². The molecule has 2 heterocycles. The first-order chi connectivity index (χ1) is 9.16. The minimum absolute atomic E-state index is 0.124. The first-order valence-electron chi connectivity index (χ1n) is 5.82. The SMILES string of the molecule is Cn1nccc1-c1nc2ccccc2n1CC(=O)O. The number of para-hydroxylation sites is 2. The molecule has 3 rings (SSSR count). The van der Waals surface area contributed by atoms with Crippen molar-refractivity contribution in [1.29, 1.82) is 0 Å². The second-order valence-electron chi connectivity index (χ2n) is 4.24. The van der Waals surface area contributed by atoms with E-state index in [-0.39, 0.29) is 6.54 Å². The molecule has 0 fully saturated rings. The highest BCUT2D eigenvalue weighted by Crippen LogP contribution is 2.24. The van der Waals surface area contributed by atoms with E-state index >= 15 is 0 Å². The number of carboxylic acids is 1. The topological polar surface area (TPSA) is 72.9 Å². The van der Waals surface area contributed by atoms with Gasteiger partial charge >= 0.3 is 5.97 Å². The van der Waals surface area contributed by atoms with Gasteiger partial charge in [-0.15, -0.1) is 0 Å². The van der Waals surface area contributed by atoms with Gasteiger partial charge in [0, 0.05) is 13.2 Å². The van der Waals surface area contributed by atoms with Crippen LogP contribution in [-0.4, -0.2) is 30.4 Å². The fourth-order valence-electron chi connectivity index (χ4n) is 2.16. The average molecular weight is 256 g/mol. The Hall–Kier alpha value is -2.63. The summed E-state index contributed by atoms with van der Waals surface area (Å²) in [4.78, 5) is 15.6. The van der Waals surface area contributed by atoms with Crippen molar-refractivity contribution in [2.75, 3.05) is 0 Å². The van der Waals surface area contributed by atoms with E-state index in [1.165, 1.54) is 0 Å². The predicted molar refractivity (Wildman–Crippen MR) is 69.6 cm³/mol. The van der Waals surface area contributed by atoms with Crippen LogP contribution in [0.25, 0.3) is 22.6 Å². The van der Waals surface area contributed by atoms with E-state index in [2.05, 4.69) is 10.1 Å². The highest BCUT2D eigenvalue weighted by molar-refractivity contribution is 5.82. The molecule has 6 heteroatoms. The molecule has 1 N–H and O–H groups in total. The molecule has 2 aromatic heterocycles. The molecule has 0 aliphatic rings. The van der Waals surface area contributed by atoms with Crippen molar-refractivity contribution < 1.29 is 9.90 Å². The van der Waals surface area contributed by atoms with Gasteiger partial charge in [-0.25, -0.2) is 4.98 Å². The molecule has 0 saturated heterocycles. The number of carboxylic acid groups (broad SMARTS) is 1. The Morgan fingerprint density at radius 1 is 1.32 bits per heavy atom. The lowest BCUT2D eigenvalue weighted by Gasteiger charge is -2.06. The third-order valence-electron chi connectivity index (χ3n) is 3.00. The zero-order valence-corrected chi connectivity index (χ0v) is 10.3. The number of benzene rings is 1. The quantitative estimate of drug-likeness (QED) is 0.771.